The Labute approximate surface area is 348 Å². The summed E-state index contributed by atoms with van der Waals surface area (Å²) in [5.74, 6) is -2.33. The molecule has 0 saturated carbocycles. The van der Waals surface area contributed by atoms with Gasteiger partial charge in [-0.05, 0) is 106 Å². The zero-order chi connectivity index (χ0) is 44.6. The lowest BCUT2D eigenvalue weighted by atomic mass is 9.87. The number of hydrogen-bond acceptors (Lipinski definition) is 11. The standard InChI is InChI=1S/C42H66N6O11/c1-12-18-29(44-32(49)27-31(28-19-14-13-15-20-28)46-37(54)58-40(5,6)7)33(50)45-30(21-16-17-24-43-36(53)57-39(2,3)4)34(51)48-25-22-42(23-26-48,35(52)56-11)47-38(55)59-41(8,9)10/h12-15,19-20,29-31H,1,16-18,21-27H2,2-11H3,(H,43,53)(H,44,49)(H,45,50)(H,46,54)(H,47,55)/t29-,30-,31?/m1/s1. The molecule has 1 aliphatic heterocycles. The summed E-state index contributed by atoms with van der Waals surface area (Å²) in [5, 5.41) is 13.6. The molecule has 1 aliphatic rings. The van der Waals surface area contributed by atoms with E-state index in [1.54, 1.807) is 92.6 Å². The van der Waals surface area contributed by atoms with Crippen molar-refractivity contribution in [2.45, 2.75) is 148 Å². The quantitative estimate of drug-likeness (QED) is 0.0613. The molecular weight excluding hydrogens is 764 g/mol. The first-order chi connectivity index (χ1) is 27.4. The normalized spacial score (nSPS) is 15.5. The van der Waals surface area contributed by atoms with Crippen LogP contribution in [0, 0.1) is 0 Å². The SMILES string of the molecule is C=CC[C@@H](NC(=O)CC(NC(=O)OC(C)(C)C)c1ccccc1)C(=O)N[C@H](CCCCNC(=O)OC(C)(C)C)C(=O)N1CCC(NC(=O)OC(C)(C)C)(C(=O)OC)CC1. The van der Waals surface area contributed by atoms with Gasteiger partial charge >= 0.3 is 24.2 Å². The van der Waals surface area contributed by atoms with Gasteiger partial charge in [0.05, 0.1) is 19.6 Å². The summed E-state index contributed by atoms with van der Waals surface area (Å²) in [4.78, 5) is 93.7. The van der Waals surface area contributed by atoms with Gasteiger partial charge in [0.25, 0.3) is 0 Å². The number of nitrogens with zero attached hydrogens (tertiary/aromatic N) is 1. The maximum atomic E-state index is 14.2. The second-order valence-electron chi connectivity index (χ2n) is 17.5. The fourth-order valence-corrected chi connectivity index (χ4v) is 6.14. The number of methoxy groups -OCH3 is 1. The van der Waals surface area contributed by atoms with Crippen LogP contribution in [0.15, 0.2) is 43.0 Å². The summed E-state index contributed by atoms with van der Waals surface area (Å²) < 4.78 is 21.1. The highest BCUT2D eigenvalue weighted by atomic mass is 16.6. The van der Waals surface area contributed by atoms with Gasteiger partial charge in [-0.15, -0.1) is 6.58 Å². The highest BCUT2D eigenvalue weighted by Gasteiger charge is 2.46. The minimum Gasteiger partial charge on any atom is -0.467 e. The van der Waals surface area contributed by atoms with Crippen molar-refractivity contribution in [3.63, 3.8) is 0 Å². The highest BCUT2D eigenvalue weighted by Crippen LogP contribution is 2.26. The number of nitrogens with one attached hydrogen (secondary N) is 5. The molecule has 1 unspecified atom stereocenters. The number of unbranched alkanes of at least 4 members (excludes halogenated alkanes) is 1. The number of rotatable bonds is 17. The summed E-state index contributed by atoms with van der Waals surface area (Å²) >= 11 is 0. The smallest absolute Gasteiger partial charge is 0.408 e. The van der Waals surface area contributed by atoms with Crippen LogP contribution in [-0.4, -0.2) is 108 Å². The lowest BCUT2D eigenvalue weighted by molar-refractivity contribution is -0.153. The number of amides is 6. The van der Waals surface area contributed by atoms with E-state index in [-0.39, 0.29) is 51.7 Å². The van der Waals surface area contributed by atoms with Crippen LogP contribution in [0.5, 0.6) is 0 Å². The number of alkyl carbamates (subject to hydrolysis) is 3. The highest BCUT2D eigenvalue weighted by molar-refractivity contribution is 5.93. The van der Waals surface area contributed by atoms with Gasteiger partial charge in [-0.25, -0.2) is 19.2 Å². The van der Waals surface area contributed by atoms with E-state index >= 15 is 0 Å². The predicted octanol–water partition coefficient (Wildman–Crippen LogP) is 4.94. The Bertz CT molecular complexity index is 1610. The second-order valence-corrected chi connectivity index (χ2v) is 17.5. The van der Waals surface area contributed by atoms with E-state index in [1.165, 1.54) is 18.1 Å². The molecule has 6 amide bonds. The fraction of sp³-hybridized carbons (Fsp3) is 0.643. The van der Waals surface area contributed by atoms with Crippen molar-refractivity contribution in [1.82, 2.24) is 31.5 Å². The molecule has 1 fully saturated rings. The molecule has 3 atom stereocenters. The number of likely N-dealkylation sites (tertiary alicyclic amines) is 1. The molecule has 0 radical (unpaired) electrons. The molecule has 1 heterocycles. The largest absolute Gasteiger partial charge is 0.467 e. The van der Waals surface area contributed by atoms with Crippen molar-refractivity contribution in [2.24, 2.45) is 0 Å². The first-order valence-corrected chi connectivity index (χ1v) is 20.0. The number of hydrogen-bond donors (Lipinski definition) is 5. The van der Waals surface area contributed by atoms with Gasteiger partial charge in [0, 0.05) is 19.6 Å². The molecule has 5 N–H and O–H groups in total. The summed E-state index contributed by atoms with van der Waals surface area (Å²) in [6.07, 6.45) is 0.192. The Morgan fingerprint density at radius 1 is 0.763 bits per heavy atom. The number of ether oxygens (including phenoxy) is 4. The summed E-state index contributed by atoms with van der Waals surface area (Å²) in [6.45, 7) is 19.5. The van der Waals surface area contributed by atoms with E-state index in [9.17, 15) is 33.6 Å². The van der Waals surface area contributed by atoms with Gasteiger partial charge in [0.2, 0.25) is 17.7 Å². The molecule has 0 aliphatic carbocycles. The number of carbonyl (C=O) groups is 7. The number of carbonyl (C=O) groups excluding carboxylic acids is 7. The van der Waals surface area contributed by atoms with Crippen molar-refractivity contribution in [3.8, 4) is 0 Å². The molecule has 1 aromatic rings. The van der Waals surface area contributed by atoms with Gasteiger partial charge in [0.1, 0.15) is 34.4 Å². The molecule has 2 rings (SSSR count). The van der Waals surface area contributed by atoms with E-state index in [2.05, 4.69) is 33.2 Å². The van der Waals surface area contributed by atoms with Crippen LogP contribution >= 0.6 is 0 Å². The predicted molar refractivity (Wildman–Crippen MR) is 220 cm³/mol. The summed E-state index contributed by atoms with van der Waals surface area (Å²) in [5.41, 5.74) is -3.09. The van der Waals surface area contributed by atoms with Gasteiger partial charge in [-0.2, -0.15) is 0 Å². The van der Waals surface area contributed by atoms with Crippen LogP contribution in [0.25, 0.3) is 0 Å². The molecule has 1 saturated heterocycles. The third-order valence-electron chi connectivity index (χ3n) is 8.78. The monoisotopic (exact) mass is 830 g/mol. The fourth-order valence-electron chi connectivity index (χ4n) is 6.14. The van der Waals surface area contributed by atoms with Crippen molar-refractivity contribution in [1.29, 1.82) is 0 Å². The van der Waals surface area contributed by atoms with E-state index in [0.717, 1.165) is 0 Å². The average Bonchev–Trinajstić information content (AvgIpc) is 3.11. The minimum absolute atomic E-state index is 0.0141. The van der Waals surface area contributed by atoms with Crippen LogP contribution in [0.3, 0.4) is 0 Å². The van der Waals surface area contributed by atoms with E-state index in [1.807, 2.05) is 0 Å². The van der Waals surface area contributed by atoms with Gasteiger partial charge in [0.15, 0.2) is 0 Å². The molecule has 330 valence electrons. The van der Waals surface area contributed by atoms with Gasteiger partial charge in [-0.3, -0.25) is 14.4 Å². The topological polar surface area (TPSA) is 220 Å². The number of piperidine rings is 1. The Morgan fingerprint density at radius 3 is 1.86 bits per heavy atom. The Balaban J connectivity index is 2.26. The van der Waals surface area contributed by atoms with Crippen molar-refractivity contribution in [2.75, 3.05) is 26.7 Å². The second kappa shape index (κ2) is 22.1. The van der Waals surface area contributed by atoms with E-state index < -0.39 is 82.4 Å². The molecule has 17 nitrogen and oxygen atoms in total. The van der Waals surface area contributed by atoms with Crippen LogP contribution in [0.1, 0.15) is 119 Å². The van der Waals surface area contributed by atoms with Crippen LogP contribution in [0.2, 0.25) is 0 Å². The number of benzene rings is 1. The Kier molecular flexibility index (Phi) is 18.7. The van der Waals surface area contributed by atoms with Crippen LogP contribution in [-0.2, 0) is 38.1 Å². The maximum absolute atomic E-state index is 14.2. The molecular formula is C42H66N6O11. The third kappa shape index (κ3) is 18.4. The lowest BCUT2D eigenvalue weighted by Crippen LogP contribution is -2.63. The van der Waals surface area contributed by atoms with Crippen molar-refractivity contribution < 1.29 is 52.5 Å². The summed E-state index contributed by atoms with van der Waals surface area (Å²) in [6, 6.07) is 5.86. The van der Waals surface area contributed by atoms with E-state index in [4.69, 9.17) is 18.9 Å². The van der Waals surface area contributed by atoms with Crippen LogP contribution in [0.4, 0.5) is 14.4 Å². The lowest BCUT2D eigenvalue weighted by Gasteiger charge is -2.41. The molecule has 17 heteroatoms. The van der Waals surface area contributed by atoms with Gasteiger partial charge in [-0.1, -0.05) is 36.4 Å². The zero-order valence-electron chi connectivity index (χ0n) is 36.4. The van der Waals surface area contributed by atoms with Crippen molar-refractivity contribution in [3.05, 3.63) is 48.6 Å². The zero-order valence-corrected chi connectivity index (χ0v) is 36.4. The maximum Gasteiger partial charge on any atom is 0.408 e. The molecule has 0 aromatic heterocycles. The molecule has 0 bridgehead atoms. The van der Waals surface area contributed by atoms with E-state index in [0.29, 0.717) is 18.4 Å². The molecule has 1 aromatic carbocycles. The number of esters is 1. The first kappa shape index (κ1) is 49.8. The average molecular weight is 831 g/mol. The Morgan fingerprint density at radius 2 is 1.32 bits per heavy atom. The molecule has 59 heavy (non-hydrogen) atoms. The first-order valence-electron chi connectivity index (χ1n) is 20.0. The molecule has 0 spiro atoms. The summed E-state index contributed by atoms with van der Waals surface area (Å²) in [7, 11) is 1.21. The van der Waals surface area contributed by atoms with Crippen molar-refractivity contribution >= 4 is 42.0 Å². The van der Waals surface area contributed by atoms with Crippen LogP contribution < -0.4 is 26.6 Å². The Hall–Kier alpha value is -5.35. The third-order valence-corrected chi connectivity index (χ3v) is 8.78. The van der Waals surface area contributed by atoms with Gasteiger partial charge < -0.3 is 50.4 Å². The minimum atomic E-state index is -1.45.